The summed E-state index contributed by atoms with van der Waals surface area (Å²) in [5.74, 6) is 0.0512. The summed E-state index contributed by atoms with van der Waals surface area (Å²) in [6.07, 6.45) is 28.3. The molecule has 216 valence electrons. The van der Waals surface area contributed by atoms with Crippen molar-refractivity contribution in [2.45, 2.75) is 162 Å². The molecule has 0 aromatic rings. The summed E-state index contributed by atoms with van der Waals surface area (Å²) >= 11 is 0. The second-order valence-corrected chi connectivity index (χ2v) is 11.2. The van der Waals surface area contributed by atoms with E-state index < -0.39 is 0 Å². The molecule has 0 fully saturated rings. The highest BCUT2D eigenvalue weighted by molar-refractivity contribution is 5.99. The summed E-state index contributed by atoms with van der Waals surface area (Å²) in [5, 5.41) is 0. The summed E-state index contributed by atoms with van der Waals surface area (Å²) < 4.78 is 5.38. The van der Waals surface area contributed by atoms with Gasteiger partial charge in [-0.2, -0.15) is 0 Å². The minimum absolute atomic E-state index is 0.0889. The van der Waals surface area contributed by atoms with Crippen molar-refractivity contribution in [3.05, 3.63) is 0 Å². The fraction of sp³-hybridized carbons (Fsp3) is 0.906. The van der Waals surface area contributed by atoms with Gasteiger partial charge in [-0.25, -0.2) is 0 Å². The van der Waals surface area contributed by atoms with Crippen LogP contribution >= 0.6 is 0 Å². The number of ether oxygens (including phenoxy) is 1. The Morgan fingerprint density at radius 3 is 1.76 bits per heavy atom. The van der Waals surface area contributed by atoms with Gasteiger partial charge in [0.15, 0.2) is 0 Å². The number of rotatable bonds is 24. The van der Waals surface area contributed by atoms with E-state index in [1.807, 2.05) is 11.8 Å². The van der Waals surface area contributed by atoms with Gasteiger partial charge in [0.05, 0.1) is 13.0 Å². The summed E-state index contributed by atoms with van der Waals surface area (Å²) in [7, 11) is 0. The number of nitrogens with zero attached hydrogens (tertiary/aromatic N) is 2. The lowest BCUT2D eigenvalue weighted by Gasteiger charge is -2.24. The number of amides is 1. The van der Waals surface area contributed by atoms with Crippen LogP contribution < -0.4 is 0 Å². The van der Waals surface area contributed by atoms with Crippen molar-refractivity contribution in [2.75, 3.05) is 26.2 Å². The lowest BCUT2D eigenvalue weighted by Crippen LogP contribution is -2.36. The van der Waals surface area contributed by atoms with Gasteiger partial charge in [0.2, 0.25) is 5.91 Å². The first-order valence-electron chi connectivity index (χ1n) is 16.1. The Bertz CT molecular complexity index is 591. The maximum atomic E-state index is 12.2. The van der Waals surface area contributed by atoms with Gasteiger partial charge in [-0.3, -0.25) is 14.6 Å². The van der Waals surface area contributed by atoms with Crippen molar-refractivity contribution in [3.63, 3.8) is 0 Å². The SMILES string of the molecule is CCCCCCCCCCCCCCCCCCCCCC(=O)OCCCN1CCCN=C(C)CC1=O. The Morgan fingerprint density at radius 2 is 1.24 bits per heavy atom. The van der Waals surface area contributed by atoms with E-state index in [1.165, 1.54) is 109 Å². The minimum atomic E-state index is -0.0889. The van der Waals surface area contributed by atoms with Crippen molar-refractivity contribution in [1.82, 2.24) is 4.90 Å². The van der Waals surface area contributed by atoms with E-state index in [1.54, 1.807) is 0 Å². The van der Waals surface area contributed by atoms with Crippen LogP contribution in [0, 0.1) is 0 Å². The highest BCUT2D eigenvalue weighted by Gasteiger charge is 2.16. The number of esters is 1. The molecule has 1 heterocycles. The number of hydrogen-bond acceptors (Lipinski definition) is 4. The van der Waals surface area contributed by atoms with Crippen LogP contribution in [0.3, 0.4) is 0 Å². The molecular weight excluding hydrogens is 460 g/mol. The molecular formula is C32H60N2O3. The molecule has 0 saturated carbocycles. The fourth-order valence-corrected chi connectivity index (χ4v) is 5.14. The molecule has 0 aromatic heterocycles. The molecule has 0 unspecified atom stereocenters. The topological polar surface area (TPSA) is 59.0 Å². The largest absolute Gasteiger partial charge is 0.466 e. The number of carbonyl (C=O) groups is 2. The van der Waals surface area contributed by atoms with Crippen LogP contribution in [0.1, 0.15) is 162 Å². The molecule has 0 N–H and O–H groups in total. The molecule has 0 aliphatic carbocycles. The minimum Gasteiger partial charge on any atom is -0.466 e. The zero-order valence-electron chi connectivity index (χ0n) is 24.7. The average Bonchev–Trinajstić information content (AvgIpc) is 2.88. The molecule has 1 aliphatic heterocycles. The Kier molecular flexibility index (Phi) is 22.7. The van der Waals surface area contributed by atoms with Crippen LogP contribution in [0.2, 0.25) is 0 Å². The van der Waals surface area contributed by atoms with E-state index in [2.05, 4.69) is 11.9 Å². The highest BCUT2D eigenvalue weighted by Crippen LogP contribution is 2.15. The molecule has 0 saturated heterocycles. The summed E-state index contributed by atoms with van der Waals surface area (Å²) in [6, 6.07) is 0. The molecule has 0 radical (unpaired) electrons. The van der Waals surface area contributed by atoms with E-state index in [0.717, 1.165) is 38.1 Å². The lowest BCUT2D eigenvalue weighted by atomic mass is 10.0. The van der Waals surface area contributed by atoms with Gasteiger partial charge in [0.1, 0.15) is 0 Å². The second-order valence-electron chi connectivity index (χ2n) is 11.2. The van der Waals surface area contributed by atoms with Gasteiger partial charge in [-0.15, -0.1) is 0 Å². The number of aliphatic imine (C=N–C) groups is 1. The maximum Gasteiger partial charge on any atom is 0.305 e. The molecule has 0 atom stereocenters. The van der Waals surface area contributed by atoms with Crippen LogP contribution in [0.15, 0.2) is 4.99 Å². The van der Waals surface area contributed by atoms with E-state index in [4.69, 9.17) is 4.74 Å². The first-order chi connectivity index (χ1) is 18.1. The predicted octanol–water partition coefficient (Wildman–Crippen LogP) is 8.82. The van der Waals surface area contributed by atoms with E-state index in [9.17, 15) is 9.59 Å². The van der Waals surface area contributed by atoms with E-state index in [-0.39, 0.29) is 11.9 Å². The van der Waals surface area contributed by atoms with Crippen LogP contribution in [0.5, 0.6) is 0 Å². The summed E-state index contributed by atoms with van der Waals surface area (Å²) in [4.78, 5) is 30.5. The molecule has 1 aliphatic rings. The molecule has 37 heavy (non-hydrogen) atoms. The molecule has 0 aromatic carbocycles. The Balaban J connectivity index is 1.79. The average molecular weight is 521 g/mol. The Labute approximate surface area is 229 Å². The molecule has 0 bridgehead atoms. The monoisotopic (exact) mass is 520 g/mol. The van der Waals surface area contributed by atoms with E-state index >= 15 is 0 Å². The van der Waals surface area contributed by atoms with Gasteiger partial charge in [0.25, 0.3) is 0 Å². The molecule has 5 heteroatoms. The quantitative estimate of drug-likeness (QED) is 0.0943. The Morgan fingerprint density at radius 1 is 0.757 bits per heavy atom. The zero-order valence-corrected chi connectivity index (χ0v) is 24.7. The second kappa shape index (κ2) is 24.9. The van der Waals surface area contributed by atoms with E-state index in [0.29, 0.717) is 32.4 Å². The summed E-state index contributed by atoms with van der Waals surface area (Å²) in [6.45, 7) is 6.83. The maximum absolute atomic E-state index is 12.2. The smallest absolute Gasteiger partial charge is 0.305 e. The van der Waals surface area contributed by atoms with Gasteiger partial charge in [-0.05, 0) is 26.2 Å². The van der Waals surface area contributed by atoms with Gasteiger partial charge >= 0.3 is 5.97 Å². The van der Waals surface area contributed by atoms with Crippen LogP contribution in [0.4, 0.5) is 0 Å². The zero-order chi connectivity index (χ0) is 26.8. The van der Waals surface area contributed by atoms with Crippen molar-refractivity contribution >= 4 is 17.6 Å². The third-order valence-electron chi connectivity index (χ3n) is 7.55. The lowest BCUT2D eigenvalue weighted by molar-refractivity contribution is -0.144. The number of unbranched alkanes of at least 4 members (excludes halogenated alkanes) is 18. The first kappa shape index (κ1) is 33.6. The van der Waals surface area contributed by atoms with Crippen molar-refractivity contribution in [1.29, 1.82) is 0 Å². The normalized spacial score (nSPS) is 14.4. The van der Waals surface area contributed by atoms with Crippen molar-refractivity contribution in [2.24, 2.45) is 4.99 Å². The molecule has 1 amide bonds. The van der Waals surface area contributed by atoms with Crippen molar-refractivity contribution in [3.8, 4) is 0 Å². The van der Waals surface area contributed by atoms with Gasteiger partial charge in [0, 0.05) is 31.8 Å². The van der Waals surface area contributed by atoms with Crippen molar-refractivity contribution < 1.29 is 14.3 Å². The summed E-state index contributed by atoms with van der Waals surface area (Å²) in [5.41, 5.74) is 0.917. The Hall–Kier alpha value is -1.39. The molecule has 0 spiro atoms. The van der Waals surface area contributed by atoms with Crippen LogP contribution in [-0.2, 0) is 14.3 Å². The first-order valence-corrected chi connectivity index (χ1v) is 16.1. The standard InChI is InChI=1S/C32H60N2O3/c1-3-4-5-6-7-8-9-10-11-12-13-14-15-16-17-18-19-20-21-24-32(36)37-28-23-27-34-26-22-25-33-30(2)29-31(34)35/h3-29H2,1-2H3. The number of carbonyl (C=O) groups excluding carboxylic acids is 2. The fourth-order valence-electron chi connectivity index (χ4n) is 5.14. The van der Waals surface area contributed by atoms with Crippen LogP contribution in [0.25, 0.3) is 0 Å². The predicted molar refractivity (Wildman–Crippen MR) is 157 cm³/mol. The number of hydrogen-bond donors (Lipinski definition) is 0. The molecule has 5 nitrogen and oxygen atoms in total. The molecule has 1 rings (SSSR count). The van der Waals surface area contributed by atoms with Crippen LogP contribution in [-0.4, -0.2) is 48.7 Å². The highest BCUT2D eigenvalue weighted by atomic mass is 16.5. The third kappa shape index (κ3) is 21.3. The van der Waals surface area contributed by atoms with Gasteiger partial charge in [-0.1, -0.05) is 122 Å². The third-order valence-corrected chi connectivity index (χ3v) is 7.55. The van der Waals surface area contributed by atoms with Gasteiger partial charge < -0.3 is 9.64 Å².